The molecule has 6 heteroatoms. The fourth-order valence-electron chi connectivity index (χ4n) is 7.01. The smallest absolute Gasteiger partial charge is 0.164 e. The van der Waals surface area contributed by atoms with Gasteiger partial charge in [-0.05, 0) is 46.5 Å². The Morgan fingerprint density at radius 3 is 1.29 bits per heavy atom. The van der Waals surface area contributed by atoms with Crippen molar-refractivity contribution in [2.24, 2.45) is 0 Å². The third kappa shape index (κ3) is 6.35. The average Bonchev–Trinajstić information content (AvgIpc) is 3.66. The number of hydrogen-bond donors (Lipinski definition) is 0. The predicted octanol–water partition coefficient (Wildman–Crippen LogP) is 12.7. The molecule has 0 unspecified atom stereocenters. The average molecular weight is 722 g/mol. The summed E-state index contributed by atoms with van der Waals surface area (Å²) in [6.07, 6.45) is 0. The predicted molar refractivity (Wildman–Crippen MR) is 226 cm³/mol. The minimum absolute atomic E-state index is 0.585. The van der Waals surface area contributed by atoms with Crippen LogP contribution in [0.3, 0.4) is 0 Å². The molecule has 258 valence electrons. The van der Waals surface area contributed by atoms with E-state index < -0.39 is 0 Å². The molecular weight excluding hydrogens is 691 g/mol. The van der Waals surface area contributed by atoms with Crippen molar-refractivity contribution in [1.29, 1.82) is 0 Å². The van der Waals surface area contributed by atoms with E-state index in [1.165, 1.54) is 15.8 Å². The molecule has 0 N–H and O–H groups in total. The number of hydrogen-bond acceptors (Lipinski definition) is 6. The van der Waals surface area contributed by atoms with Gasteiger partial charge in [-0.3, -0.25) is 0 Å². The Kier molecular flexibility index (Phi) is 8.28. The van der Waals surface area contributed by atoms with E-state index in [0.29, 0.717) is 23.3 Å². The van der Waals surface area contributed by atoms with Gasteiger partial charge in [0.25, 0.3) is 0 Å². The van der Waals surface area contributed by atoms with Gasteiger partial charge in [-0.15, -0.1) is 11.3 Å². The molecule has 3 aromatic heterocycles. The van der Waals surface area contributed by atoms with E-state index in [0.717, 1.165) is 60.2 Å². The summed E-state index contributed by atoms with van der Waals surface area (Å²) in [7, 11) is 0. The number of thiophene rings is 1. The molecule has 0 amide bonds. The van der Waals surface area contributed by atoms with Gasteiger partial charge in [-0.25, -0.2) is 24.9 Å². The molecule has 0 bridgehead atoms. The lowest BCUT2D eigenvalue weighted by molar-refractivity contribution is 1.07. The zero-order valence-corrected chi connectivity index (χ0v) is 30.4. The van der Waals surface area contributed by atoms with Crippen LogP contribution >= 0.6 is 11.3 Å². The molecule has 0 radical (unpaired) electrons. The van der Waals surface area contributed by atoms with Crippen LogP contribution < -0.4 is 0 Å². The Morgan fingerprint density at radius 2 is 0.691 bits per heavy atom. The van der Waals surface area contributed by atoms with Crippen molar-refractivity contribution in [3.63, 3.8) is 0 Å². The summed E-state index contributed by atoms with van der Waals surface area (Å²) < 4.78 is 2.24. The van der Waals surface area contributed by atoms with Crippen LogP contribution in [0.1, 0.15) is 0 Å². The minimum Gasteiger partial charge on any atom is -0.226 e. The third-order valence-electron chi connectivity index (χ3n) is 9.74. The Balaban J connectivity index is 1.11. The topological polar surface area (TPSA) is 64.5 Å². The van der Waals surface area contributed by atoms with Crippen LogP contribution in [0.15, 0.2) is 188 Å². The van der Waals surface area contributed by atoms with Crippen molar-refractivity contribution in [2.75, 3.05) is 0 Å². The van der Waals surface area contributed by atoms with E-state index in [9.17, 15) is 0 Å². The molecule has 0 aliphatic heterocycles. The van der Waals surface area contributed by atoms with Crippen LogP contribution in [0.5, 0.6) is 0 Å². The molecule has 0 saturated carbocycles. The molecule has 0 atom stereocenters. The largest absolute Gasteiger partial charge is 0.226 e. The molecule has 0 spiro atoms. The standard InChI is InChI=1S/C49H31N5S/c1-4-15-32(16-5-1)35-21-12-22-36(29-35)37-23-13-24-38(30-37)43-45-44(41-27-10-11-28-42(41)55-45)51-48(50-43)39-25-14-26-40(31-39)49-53-46(33-17-6-2-7-18-33)52-47(54-49)34-19-8-3-9-20-34/h1-31H. The summed E-state index contributed by atoms with van der Waals surface area (Å²) in [5.74, 6) is 2.47. The fourth-order valence-corrected chi connectivity index (χ4v) is 8.16. The van der Waals surface area contributed by atoms with Gasteiger partial charge >= 0.3 is 0 Å². The van der Waals surface area contributed by atoms with Gasteiger partial charge in [0, 0.05) is 37.9 Å². The first-order chi connectivity index (χ1) is 27.2. The van der Waals surface area contributed by atoms with Crippen LogP contribution in [0.25, 0.3) is 99.4 Å². The van der Waals surface area contributed by atoms with Gasteiger partial charge < -0.3 is 0 Å². The van der Waals surface area contributed by atoms with Crippen molar-refractivity contribution in [2.45, 2.75) is 0 Å². The summed E-state index contributed by atoms with van der Waals surface area (Å²) in [5, 5.41) is 1.12. The molecule has 10 aromatic rings. The normalized spacial score (nSPS) is 11.3. The molecule has 0 fully saturated rings. The maximum Gasteiger partial charge on any atom is 0.164 e. The minimum atomic E-state index is 0.585. The van der Waals surface area contributed by atoms with Crippen LogP contribution in [0.2, 0.25) is 0 Å². The van der Waals surface area contributed by atoms with E-state index in [-0.39, 0.29) is 0 Å². The molecule has 5 nitrogen and oxygen atoms in total. The van der Waals surface area contributed by atoms with Crippen LogP contribution in [-0.4, -0.2) is 24.9 Å². The van der Waals surface area contributed by atoms with Crippen molar-refractivity contribution < 1.29 is 0 Å². The highest BCUT2D eigenvalue weighted by molar-refractivity contribution is 7.26. The molecule has 55 heavy (non-hydrogen) atoms. The second-order valence-corrected chi connectivity index (χ2v) is 14.4. The highest BCUT2D eigenvalue weighted by Crippen LogP contribution is 2.40. The van der Waals surface area contributed by atoms with E-state index in [1.807, 2.05) is 78.9 Å². The Morgan fingerprint density at radius 1 is 0.291 bits per heavy atom. The second-order valence-electron chi connectivity index (χ2n) is 13.3. The molecule has 0 saturated heterocycles. The Bertz CT molecular complexity index is 2920. The van der Waals surface area contributed by atoms with Crippen LogP contribution in [0, 0.1) is 0 Å². The van der Waals surface area contributed by atoms with Crippen molar-refractivity contribution in [1.82, 2.24) is 24.9 Å². The monoisotopic (exact) mass is 721 g/mol. The highest BCUT2D eigenvalue weighted by atomic mass is 32.1. The van der Waals surface area contributed by atoms with Gasteiger partial charge in [0.2, 0.25) is 0 Å². The summed E-state index contributed by atoms with van der Waals surface area (Å²) in [5.41, 5.74) is 11.1. The summed E-state index contributed by atoms with van der Waals surface area (Å²) in [4.78, 5) is 25.5. The number of benzene rings is 7. The SMILES string of the molecule is c1ccc(-c2cccc(-c3cccc(-c4nc(-c5cccc(-c6nc(-c7ccccc7)nc(-c7ccccc7)n6)c5)nc5c4sc4ccccc45)c3)c2)cc1. The summed E-state index contributed by atoms with van der Waals surface area (Å²) in [6, 6.07) is 64.7. The first kappa shape index (κ1) is 32.5. The maximum atomic E-state index is 5.35. The molecule has 10 rings (SSSR count). The van der Waals surface area contributed by atoms with Crippen LogP contribution in [-0.2, 0) is 0 Å². The van der Waals surface area contributed by atoms with E-state index >= 15 is 0 Å². The molecule has 0 aliphatic carbocycles. The molecular formula is C49H31N5S. The lowest BCUT2D eigenvalue weighted by Gasteiger charge is -2.11. The zero-order chi connectivity index (χ0) is 36.6. The number of aromatic nitrogens is 5. The first-order valence-corrected chi connectivity index (χ1v) is 19.0. The lowest BCUT2D eigenvalue weighted by Crippen LogP contribution is -2.00. The van der Waals surface area contributed by atoms with E-state index in [4.69, 9.17) is 24.9 Å². The quantitative estimate of drug-likeness (QED) is 0.164. The molecule has 0 aliphatic rings. The maximum absolute atomic E-state index is 5.35. The zero-order valence-electron chi connectivity index (χ0n) is 29.5. The summed E-state index contributed by atoms with van der Waals surface area (Å²) >= 11 is 1.74. The van der Waals surface area contributed by atoms with E-state index in [2.05, 4.69) is 109 Å². The fraction of sp³-hybridized carbons (Fsp3) is 0. The third-order valence-corrected chi connectivity index (χ3v) is 10.9. The highest BCUT2D eigenvalue weighted by Gasteiger charge is 2.19. The van der Waals surface area contributed by atoms with Gasteiger partial charge in [0.1, 0.15) is 0 Å². The lowest BCUT2D eigenvalue weighted by atomic mass is 9.97. The number of nitrogens with zero attached hydrogens (tertiary/aromatic N) is 5. The van der Waals surface area contributed by atoms with Gasteiger partial charge in [0.05, 0.1) is 15.9 Å². The second kappa shape index (κ2) is 14.0. The molecule has 3 heterocycles. The number of fused-ring (bicyclic) bond motifs is 3. The van der Waals surface area contributed by atoms with Crippen molar-refractivity contribution in [3.8, 4) is 79.1 Å². The first-order valence-electron chi connectivity index (χ1n) is 18.2. The van der Waals surface area contributed by atoms with Gasteiger partial charge in [0.15, 0.2) is 23.3 Å². The Hall–Kier alpha value is -7.15. The van der Waals surface area contributed by atoms with Gasteiger partial charge in [-0.1, -0.05) is 164 Å². The van der Waals surface area contributed by atoms with Gasteiger partial charge in [-0.2, -0.15) is 0 Å². The number of rotatable bonds is 7. The van der Waals surface area contributed by atoms with E-state index in [1.54, 1.807) is 11.3 Å². The Labute approximate surface area is 322 Å². The van der Waals surface area contributed by atoms with Crippen molar-refractivity contribution in [3.05, 3.63) is 188 Å². The summed E-state index contributed by atoms with van der Waals surface area (Å²) in [6.45, 7) is 0. The molecule has 7 aromatic carbocycles. The van der Waals surface area contributed by atoms with Crippen molar-refractivity contribution >= 4 is 31.6 Å². The van der Waals surface area contributed by atoms with Crippen LogP contribution in [0.4, 0.5) is 0 Å².